The van der Waals surface area contributed by atoms with E-state index in [0.717, 1.165) is 11.8 Å². The quantitative estimate of drug-likeness (QED) is 0.0835. The minimum Gasteiger partial charge on any atom is -0.491 e. The van der Waals surface area contributed by atoms with Gasteiger partial charge < -0.3 is 48.4 Å². The second-order valence-corrected chi connectivity index (χ2v) is 7.08. The standard InChI is InChI=1S/C25H41NO10/c1-2-25(27)36-22-20-34-18-16-32-14-12-30-10-8-28-7-9-29-11-13-31-15-17-33-19-21-35-24-5-3-23(26)4-6-24/h2-6H,1,7-22,26H2. The van der Waals surface area contributed by atoms with Gasteiger partial charge in [-0.05, 0) is 24.3 Å². The normalized spacial score (nSPS) is 10.9. The maximum Gasteiger partial charge on any atom is 0.330 e. The molecule has 0 spiro atoms. The minimum absolute atomic E-state index is 0.201. The minimum atomic E-state index is -0.458. The van der Waals surface area contributed by atoms with E-state index in [1.165, 1.54) is 0 Å². The first-order chi connectivity index (χ1) is 17.7. The van der Waals surface area contributed by atoms with E-state index in [-0.39, 0.29) is 6.61 Å². The number of benzene rings is 1. The van der Waals surface area contributed by atoms with Crippen molar-refractivity contribution >= 4 is 11.7 Å². The number of hydrogen-bond acceptors (Lipinski definition) is 11. The Morgan fingerprint density at radius 3 is 1.28 bits per heavy atom. The van der Waals surface area contributed by atoms with E-state index in [0.29, 0.717) is 105 Å². The first kappa shape index (κ1) is 31.8. The van der Waals surface area contributed by atoms with E-state index in [4.69, 9.17) is 48.4 Å². The molecule has 36 heavy (non-hydrogen) atoms. The van der Waals surface area contributed by atoms with Crippen LogP contribution in [0.4, 0.5) is 5.69 Å². The van der Waals surface area contributed by atoms with Crippen LogP contribution in [0.2, 0.25) is 0 Å². The lowest BCUT2D eigenvalue weighted by atomic mass is 10.3. The molecule has 0 bridgehead atoms. The van der Waals surface area contributed by atoms with Crippen LogP contribution in [0.25, 0.3) is 0 Å². The molecule has 0 aliphatic rings. The third-order valence-electron chi connectivity index (χ3n) is 4.25. The number of ether oxygens (including phenoxy) is 9. The number of rotatable bonds is 26. The fourth-order valence-corrected chi connectivity index (χ4v) is 2.46. The van der Waals surface area contributed by atoms with E-state index >= 15 is 0 Å². The van der Waals surface area contributed by atoms with Gasteiger partial charge >= 0.3 is 5.97 Å². The Morgan fingerprint density at radius 2 is 0.917 bits per heavy atom. The van der Waals surface area contributed by atoms with Crippen LogP contribution in [0.1, 0.15) is 0 Å². The van der Waals surface area contributed by atoms with Gasteiger partial charge in [-0.25, -0.2) is 4.79 Å². The number of carbonyl (C=O) groups excluding carboxylic acids is 1. The zero-order valence-electron chi connectivity index (χ0n) is 21.1. The SMILES string of the molecule is C=CC(=O)OCCOCCOCCOCCOCCOCCOCCOCCOc1ccc(N)cc1. The molecule has 0 heterocycles. The molecule has 0 saturated heterocycles. The Kier molecular flexibility index (Phi) is 21.6. The zero-order chi connectivity index (χ0) is 25.9. The molecule has 0 amide bonds. The molecule has 0 unspecified atom stereocenters. The first-order valence-electron chi connectivity index (χ1n) is 12.0. The summed E-state index contributed by atoms with van der Waals surface area (Å²) in [7, 11) is 0. The average molecular weight is 516 g/mol. The van der Waals surface area contributed by atoms with Crippen LogP contribution >= 0.6 is 0 Å². The number of carbonyl (C=O) groups is 1. The summed E-state index contributed by atoms with van der Waals surface area (Å²) in [6, 6.07) is 7.24. The van der Waals surface area contributed by atoms with Gasteiger partial charge in [0.1, 0.15) is 19.0 Å². The molecule has 11 nitrogen and oxygen atoms in total. The van der Waals surface area contributed by atoms with Crippen molar-refractivity contribution in [1.82, 2.24) is 0 Å². The maximum atomic E-state index is 10.8. The third kappa shape index (κ3) is 21.1. The van der Waals surface area contributed by atoms with E-state index in [1.54, 1.807) is 12.1 Å². The smallest absolute Gasteiger partial charge is 0.330 e. The Bertz CT molecular complexity index is 644. The van der Waals surface area contributed by atoms with Gasteiger partial charge in [-0.2, -0.15) is 0 Å². The maximum absolute atomic E-state index is 10.8. The van der Waals surface area contributed by atoms with Crippen LogP contribution in [0.3, 0.4) is 0 Å². The molecule has 0 radical (unpaired) electrons. The van der Waals surface area contributed by atoms with Gasteiger partial charge in [0.05, 0.1) is 92.5 Å². The number of anilines is 1. The van der Waals surface area contributed by atoms with Gasteiger partial charge in [-0.1, -0.05) is 6.58 Å². The van der Waals surface area contributed by atoms with Crippen LogP contribution in [0, 0.1) is 0 Å². The zero-order valence-corrected chi connectivity index (χ0v) is 21.1. The van der Waals surface area contributed by atoms with Crippen molar-refractivity contribution in [3.63, 3.8) is 0 Å². The van der Waals surface area contributed by atoms with Crippen molar-refractivity contribution < 1.29 is 47.4 Å². The molecule has 0 atom stereocenters. The Morgan fingerprint density at radius 1 is 0.583 bits per heavy atom. The Balaban J connectivity index is 1.67. The highest BCUT2D eigenvalue weighted by Gasteiger charge is 1.97. The summed E-state index contributed by atoms with van der Waals surface area (Å²) in [5, 5.41) is 0. The monoisotopic (exact) mass is 515 g/mol. The summed E-state index contributed by atoms with van der Waals surface area (Å²) in [5.41, 5.74) is 6.33. The molecule has 0 aliphatic heterocycles. The van der Waals surface area contributed by atoms with Crippen molar-refractivity contribution in [3.05, 3.63) is 36.9 Å². The first-order valence-corrected chi connectivity index (χ1v) is 12.0. The van der Waals surface area contributed by atoms with Crippen molar-refractivity contribution in [1.29, 1.82) is 0 Å². The van der Waals surface area contributed by atoms with Crippen LogP contribution in [0.5, 0.6) is 5.75 Å². The third-order valence-corrected chi connectivity index (χ3v) is 4.25. The largest absolute Gasteiger partial charge is 0.491 e. The Labute approximate surface area is 213 Å². The fraction of sp³-hybridized carbons (Fsp3) is 0.640. The lowest BCUT2D eigenvalue weighted by Gasteiger charge is -2.09. The molecule has 11 heteroatoms. The summed E-state index contributed by atoms with van der Waals surface area (Å²) in [6.45, 7) is 10.6. The molecule has 0 aliphatic carbocycles. The number of nitrogens with two attached hydrogens (primary N) is 1. The highest BCUT2D eigenvalue weighted by Crippen LogP contribution is 2.12. The predicted molar refractivity (Wildman–Crippen MR) is 133 cm³/mol. The van der Waals surface area contributed by atoms with Gasteiger partial charge in [0, 0.05) is 11.8 Å². The lowest BCUT2D eigenvalue weighted by Crippen LogP contribution is -2.15. The number of hydrogen-bond donors (Lipinski definition) is 1. The molecule has 0 fully saturated rings. The topological polar surface area (TPSA) is 126 Å². The van der Waals surface area contributed by atoms with Crippen molar-refractivity contribution in [2.24, 2.45) is 0 Å². The van der Waals surface area contributed by atoms with Crippen molar-refractivity contribution in [2.75, 3.05) is 111 Å². The average Bonchev–Trinajstić information content (AvgIpc) is 2.89. The fourth-order valence-electron chi connectivity index (χ4n) is 2.46. The van der Waals surface area contributed by atoms with Gasteiger partial charge in [-0.3, -0.25) is 0 Å². The van der Waals surface area contributed by atoms with Crippen LogP contribution in [-0.4, -0.2) is 112 Å². The molecular weight excluding hydrogens is 474 g/mol. The lowest BCUT2D eigenvalue weighted by molar-refractivity contribution is -0.139. The van der Waals surface area contributed by atoms with Crippen molar-refractivity contribution in [2.45, 2.75) is 0 Å². The van der Waals surface area contributed by atoms with E-state index in [2.05, 4.69) is 6.58 Å². The summed E-state index contributed by atoms with van der Waals surface area (Å²) >= 11 is 0. The highest BCUT2D eigenvalue weighted by atomic mass is 16.6. The predicted octanol–water partition coefficient (Wildman–Crippen LogP) is 1.49. The number of nitrogen functional groups attached to an aromatic ring is 1. The molecule has 1 aromatic carbocycles. The van der Waals surface area contributed by atoms with E-state index < -0.39 is 5.97 Å². The van der Waals surface area contributed by atoms with Gasteiger partial charge in [0.2, 0.25) is 0 Å². The summed E-state index contributed by atoms with van der Waals surface area (Å²) in [6.07, 6.45) is 1.11. The molecule has 0 aromatic heterocycles. The van der Waals surface area contributed by atoms with Crippen LogP contribution < -0.4 is 10.5 Å². The highest BCUT2D eigenvalue weighted by molar-refractivity contribution is 5.81. The molecule has 0 saturated carbocycles. The number of esters is 1. The van der Waals surface area contributed by atoms with Gasteiger partial charge in [0.15, 0.2) is 0 Å². The van der Waals surface area contributed by atoms with Crippen LogP contribution in [0.15, 0.2) is 36.9 Å². The molecule has 2 N–H and O–H groups in total. The summed E-state index contributed by atoms with van der Waals surface area (Å²) in [4.78, 5) is 10.8. The summed E-state index contributed by atoms with van der Waals surface area (Å²) in [5.74, 6) is 0.311. The molecule has 1 rings (SSSR count). The Hall–Kier alpha value is -2.25. The molecule has 1 aromatic rings. The second-order valence-electron chi connectivity index (χ2n) is 7.08. The van der Waals surface area contributed by atoms with E-state index in [1.807, 2.05) is 12.1 Å². The second kappa shape index (κ2) is 24.4. The van der Waals surface area contributed by atoms with E-state index in [9.17, 15) is 4.79 Å². The molecular formula is C25H41NO10. The van der Waals surface area contributed by atoms with Crippen LogP contribution in [-0.2, 0) is 42.7 Å². The molecule has 206 valence electrons. The van der Waals surface area contributed by atoms with Crippen molar-refractivity contribution in [3.8, 4) is 5.75 Å². The van der Waals surface area contributed by atoms with Gasteiger partial charge in [0.25, 0.3) is 0 Å². The summed E-state index contributed by atoms with van der Waals surface area (Å²) < 4.78 is 48.1. The van der Waals surface area contributed by atoms with Gasteiger partial charge in [-0.15, -0.1) is 0 Å².